The van der Waals surface area contributed by atoms with Gasteiger partial charge in [-0.15, -0.1) is 0 Å². The molecule has 4 heteroatoms. The number of rotatable bonds is 2. The number of epoxide rings is 1. The van der Waals surface area contributed by atoms with Gasteiger partial charge in [0.15, 0.2) is 0 Å². The van der Waals surface area contributed by atoms with Gasteiger partial charge in [0.25, 0.3) is 0 Å². The Morgan fingerprint density at radius 3 is 2.75 bits per heavy atom. The van der Waals surface area contributed by atoms with Crippen molar-refractivity contribution >= 4 is 11.6 Å². The lowest BCUT2D eigenvalue weighted by Crippen LogP contribution is -2.07. The van der Waals surface area contributed by atoms with Gasteiger partial charge in [-0.3, -0.25) is 4.68 Å². The second-order valence-electron chi connectivity index (χ2n) is 3.12. The molecule has 1 saturated heterocycles. The summed E-state index contributed by atoms with van der Waals surface area (Å²) >= 11 is 5.98. The largest absolute Gasteiger partial charge is 0.371 e. The van der Waals surface area contributed by atoms with E-state index in [-0.39, 0.29) is 0 Å². The third kappa shape index (κ3) is 1.34. The van der Waals surface area contributed by atoms with Crippen LogP contribution in [-0.4, -0.2) is 22.5 Å². The van der Waals surface area contributed by atoms with Crippen molar-refractivity contribution in [2.24, 2.45) is 0 Å². The van der Waals surface area contributed by atoms with Crippen LogP contribution in [0.15, 0.2) is 0 Å². The Bertz CT molecular complexity index is 304. The van der Waals surface area contributed by atoms with Crippen LogP contribution in [0.25, 0.3) is 0 Å². The molecule has 1 aromatic rings. The minimum Gasteiger partial charge on any atom is -0.371 e. The molecule has 0 unspecified atom stereocenters. The summed E-state index contributed by atoms with van der Waals surface area (Å²) in [7, 11) is 0. The molecule has 1 atom stereocenters. The summed E-state index contributed by atoms with van der Waals surface area (Å²) in [6, 6.07) is 0. The van der Waals surface area contributed by atoms with Crippen molar-refractivity contribution in [3.63, 3.8) is 0 Å². The van der Waals surface area contributed by atoms with E-state index in [4.69, 9.17) is 16.3 Å². The van der Waals surface area contributed by atoms with Crippen LogP contribution in [0, 0.1) is 13.8 Å². The summed E-state index contributed by atoms with van der Waals surface area (Å²) in [5.74, 6) is 0. The highest BCUT2D eigenvalue weighted by Gasteiger charge is 2.24. The van der Waals surface area contributed by atoms with Gasteiger partial charge in [-0.2, -0.15) is 5.10 Å². The Balaban J connectivity index is 2.23. The third-order valence-electron chi connectivity index (χ3n) is 2.07. The van der Waals surface area contributed by atoms with Crippen LogP contribution in [-0.2, 0) is 11.3 Å². The zero-order valence-electron chi connectivity index (χ0n) is 7.17. The zero-order chi connectivity index (χ0) is 8.72. The number of nitrogens with zero attached hydrogens (tertiary/aromatic N) is 2. The molecule has 1 fully saturated rings. The first-order valence-electron chi connectivity index (χ1n) is 3.99. The summed E-state index contributed by atoms with van der Waals surface area (Å²) in [5.41, 5.74) is 1.93. The van der Waals surface area contributed by atoms with Gasteiger partial charge in [0.05, 0.1) is 29.6 Å². The van der Waals surface area contributed by atoms with E-state index in [0.717, 1.165) is 29.6 Å². The molecule has 2 rings (SSSR count). The Kier molecular flexibility index (Phi) is 1.85. The molecule has 66 valence electrons. The monoisotopic (exact) mass is 186 g/mol. The van der Waals surface area contributed by atoms with Crippen LogP contribution >= 0.6 is 11.6 Å². The van der Waals surface area contributed by atoms with Gasteiger partial charge in [-0.25, -0.2) is 0 Å². The van der Waals surface area contributed by atoms with Crippen LogP contribution in [0.1, 0.15) is 11.4 Å². The molecule has 0 spiro atoms. The molecular formula is C8H11ClN2O. The molecule has 3 nitrogen and oxygen atoms in total. The first-order valence-corrected chi connectivity index (χ1v) is 4.37. The number of hydrogen-bond donors (Lipinski definition) is 0. The maximum absolute atomic E-state index is 5.98. The molecule has 1 aliphatic rings. The zero-order valence-corrected chi connectivity index (χ0v) is 7.93. The molecule has 0 radical (unpaired) electrons. The van der Waals surface area contributed by atoms with Gasteiger partial charge >= 0.3 is 0 Å². The van der Waals surface area contributed by atoms with Crippen LogP contribution in [0.2, 0.25) is 5.02 Å². The Hall–Kier alpha value is -0.540. The highest BCUT2D eigenvalue weighted by atomic mass is 35.5. The van der Waals surface area contributed by atoms with E-state index in [0.29, 0.717) is 6.10 Å². The van der Waals surface area contributed by atoms with E-state index >= 15 is 0 Å². The Morgan fingerprint density at radius 1 is 1.67 bits per heavy atom. The fourth-order valence-electron chi connectivity index (χ4n) is 1.22. The Labute approximate surface area is 76.3 Å². The molecule has 1 aliphatic heterocycles. The van der Waals surface area contributed by atoms with Crippen molar-refractivity contribution < 1.29 is 4.74 Å². The van der Waals surface area contributed by atoms with E-state index in [1.165, 1.54) is 0 Å². The molecule has 0 saturated carbocycles. The van der Waals surface area contributed by atoms with Crippen molar-refractivity contribution in [2.45, 2.75) is 26.5 Å². The number of hydrogen-bond acceptors (Lipinski definition) is 2. The standard InChI is InChI=1S/C8H11ClN2O/c1-5-8(9)6(2)11(10-5)3-7-4-12-7/h7H,3-4H2,1-2H3/t7-/m1/s1. The average molecular weight is 187 g/mol. The minimum atomic E-state index is 0.360. The molecular weight excluding hydrogens is 176 g/mol. The third-order valence-corrected chi connectivity index (χ3v) is 2.62. The molecule has 0 N–H and O–H groups in total. The SMILES string of the molecule is Cc1nn(C[C@@H]2CO2)c(C)c1Cl. The van der Waals surface area contributed by atoms with Crippen molar-refractivity contribution in [1.29, 1.82) is 0 Å². The lowest BCUT2D eigenvalue weighted by molar-refractivity contribution is 0.371. The average Bonchev–Trinajstić information content (AvgIpc) is 2.80. The quantitative estimate of drug-likeness (QED) is 0.657. The second kappa shape index (κ2) is 2.75. The van der Waals surface area contributed by atoms with Crippen molar-refractivity contribution in [1.82, 2.24) is 9.78 Å². The van der Waals surface area contributed by atoms with Gasteiger partial charge in [0, 0.05) is 0 Å². The summed E-state index contributed by atoms with van der Waals surface area (Å²) < 4.78 is 7.02. The normalized spacial score (nSPS) is 21.4. The van der Waals surface area contributed by atoms with Crippen LogP contribution in [0.3, 0.4) is 0 Å². The maximum atomic E-state index is 5.98. The lowest BCUT2D eigenvalue weighted by Gasteiger charge is -1.99. The highest BCUT2D eigenvalue weighted by Crippen LogP contribution is 2.21. The molecule has 2 heterocycles. The van der Waals surface area contributed by atoms with Gasteiger partial charge in [0.1, 0.15) is 6.10 Å². The fraction of sp³-hybridized carbons (Fsp3) is 0.625. The van der Waals surface area contributed by atoms with E-state index in [9.17, 15) is 0 Å². The van der Waals surface area contributed by atoms with Gasteiger partial charge in [-0.1, -0.05) is 11.6 Å². The Morgan fingerprint density at radius 2 is 2.33 bits per heavy atom. The summed E-state index contributed by atoms with van der Waals surface area (Å²) in [6.07, 6.45) is 0.360. The van der Waals surface area contributed by atoms with Crippen molar-refractivity contribution in [3.05, 3.63) is 16.4 Å². The predicted molar refractivity (Wildman–Crippen MR) is 46.5 cm³/mol. The van der Waals surface area contributed by atoms with E-state index in [2.05, 4.69) is 5.10 Å². The maximum Gasteiger partial charge on any atom is 0.100 e. The van der Waals surface area contributed by atoms with Gasteiger partial charge < -0.3 is 4.74 Å². The van der Waals surface area contributed by atoms with E-state index in [1.807, 2.05) is 18.5 Å². The van der Waals surface area contributed by atoms with Crippen LogP contribution in [0.5, 0.6) is 0 Å². The minimum absolute atomic E-state index is 0.360. The summed E-state index contributed by atoms with van der Waals surface area (Å²) in [4.78, 5) is 0. The smallest absolute Gasteiger partial charge is 0.100 e. The second-order valence-corrected chi connectivity index (χ2v) is 3.50. The van der Waals surface area contributed by atoms with E-state index in [1.54, 1.807) is 0 Å². The molecule has 0 amide bonds. The first kappa shape index (κ1) is 8.08. The van der Waals surface area contributed by atoms with E-state index < -0.39 is 0 Å². The highest BCUT2D eigenvalue weighted by molar-refractivity contribution is 6.31. The topological polar surface area (TPSA) is 30.4 Å². The molecule has 12 heavy (non-hydrogen) atoms. The number of halogens is 1. The molecule has 0 aliphatic carbocycles. The van der Waals surface area contributed by atoms with Crippen molar-refractivity contribution in [2.75, 3.05) is 6.61 Å². The summed E-state index contributed by atoms with van der Waals surface area (Å²) in [5, 5.41) is 5.07. The van der Waals surface area contributed by atoms with Gasteiger partial charge in [0.2, 0.25) is 0 Å². The summed E-state index contributed by atoms with van der Waals surface area (Å²) in [6.45, 7) is 5.58. The number of aryl methyl sites for hydroxylation is 1. The molecule has 1 aromatic heterocycles. The van der Waals surface area contributed by atoms with Crippen LogP contribution < -0.4 is 0 Å². The predicted octanol–water partition coefficient (Wildman–Crippen LogP) is 1.55. The lowest BCUT2D eigenvalue weighted by atomic mass is 10.4. The molecule has 0 aromatic carbocycles. The first-order chi connectivity index (χ1) is 5.68. The van der Waals surface area contributed by atoms with Gasteiger partial charge in [-0.05, 0) is 13.8 Å². The van der Waals surface area contributed by atoms with Crippen molar-refractivity contribution in [3.8, 4) is 0 Å². The molecule has 0 bridgehead atoms. The van der Waals surface area contributed by atoms with Crippen LogP contribution in [0.4, 0.5) is 0 Å². The fourth-order valence-corrected chi connectivity index (χ4v) is 1.35. The number of ether oxygens (including phenoxy) is 1. The number of aromatic nitrogens is 2.